The molecular formula is C14H19NO5. The SMILES string of the molecule is CC(C)(C)OC(=O)NCc1cccc(OCC(=O)O)c1. The number of ether oxygens (including phenoxy) is 2. The summed E-state index contributed by atoms with van der Waals surface area (Å²) in [6, 6.07) is 6.84. The number of nitrogens with one attached hydrogen (secondary N) is 1. The predicted octanol–water partition coefficient (Wildman–Crippen LogP) is 2.17. The molecule has 0 unspecified atom stereocenters. The van der Waals surface area contributed by atoms with Crippen LogP contribution in [0.2, 0.25) is 0 Å². The Morgan fingerprint density at radius 2 is 2.00 bits per heavy atom. The normalized spacial score (nSPS) is 10.8. The topological polar surface area (TPSA) is 84.9 Å². The van der Waals surface area contributed by atoms with E-state index < -0.39 is 24.3 Å². The van der Waals surface area contributed by atoms with Gasteiger partial charge in [-0.05, 0) is 38.5 Å². The molecule has 0 fully saturated rings. The van der Waals surface area contributed by atoms with Crippen molar-refractivity contribution in [1.29, 1.82) is 0 Å². The van der Waals surface area contributed by atoms with E-state index in [1.807, 2.05) is 0 Å². The van der Waals surface area contributed by atoms with E-state index in [1.54, 1.807) is 45.0 Å². The molecule has 1 aromatic rings. The largest absolute Gasteiger partial charge is 0.482 e. The van der Waals surface area contributed by atoms with Crippen LogP contribution in [0.4, 0.5) is 4.79 Å². The zero-order valence-corrected chi connectivity index (χ0v) is 11.8. The molecular weight excluding hydrogens is 262 g/mol. The first-order chi connectivity index (χ1) is 9.26. The standard InChI is InChI=1S/C14H19NO5/c1-14(2,3)20-13(18)15-8-10-5-4-6-11(7-10)19-9-12(16)17/h4-7H,8-9H2,1-3H3,(H,15,18)(H,16,17). The third-order valence-corrected chi connectivity index (χ3v) is 2.10. The maximum Gasteiger partial charge on any atom is 0.407 e. The maximum absolute atomic E-state index is 11.5. The molecule has 6 nitrogen and oxygen atoms in total. The van der Waals surface area contributed by atoms with Gasteiger partial charge in [0.25, 0.3) is 0 Å². The van der Waals surface area contributed by atoms with E-state index in [1.165, 1.54) is 0 Å². The Labute approximate surface area is 117 Å². The van der Waals surface area contributed by atoms with Crippen LogP contribution in [0.15, 0.2) is 24.3 Å². The minimum Gasteiger partial charge on any atom is -0.482 e. The molecule has 0 aliphatic heterocycles. The number of carboxylic acids is 1. The molecule has 0 aliphatic rings. The number of carbonyl (C=O) groups is 2. The molecule has 2 N–H and O–H groups in total. The van der Waals surface area contributed by atoms with Gasteiger partial charge < -0.3 is 19.9 Å². The average molecular weight is 281 g/mol. The molecule has 1 amide bonds. The minimum absolute atomic E-state index is 0.277. The van der Waals surface area contributed by atoms with E-state index in [9.17, 15) is 9.59 Å². The number of benzene rings is 1. The van der Waals surface area contributed by atoms with Crippen molar-refractivity contribution in [3.8, 4) is 5.75 Å². The zero-order chi connectivity index (χ0) is 15.2. The highest BCUT2D eigenvalue weighted by atomic mass is 16.6. The third-order valence-electron chi connectivity index (χ3n) is 2.10. The quantitative estimate of drug-likeness (QED) is 0.864. The van der Waals surface area contributed by atoms with Crippen molar-refractivity contribution in [2.75, 3.05) is 6.61 Å². The van der Waals surface area contributed by atoms with Crippen molar-refractivity contribution in [2.45, 2.75) is 32.9 Å². The van der Waals surface area contributed by atoms with Crippen LogP contribution in [0.25, 0.3) is 0 Å². The summed E-state index contributed by atoms with van der Waals surface area (Å²) in [6.45, 7) is 5.23. The fourth-order valence-electron chi connectivity index (χ4n) is 1.38. The van der Waals surface area contributed by atoms with Gasteiger partial charge >= 0.3 is 12.1 Å². The number of carboxylic acid groups (broad SMARTS) is 1. The lowest BCUT2D eigenvalue weighted by Gasteiger charge is -2.19. The van der Waals surface area contributed by atoms with Gasteiger partial charge in [-0.25, -0.2) is 9.59 Å². The Morgan fingerprint density at radius 3 is 2.60 bits per heavy atom. The first-order valence-electron chi connectivity index (χ1n) is 6.16. The van der Waals surface area contributed by atoms with Crippen LogP contribution in [-0.2, 0) is 16.1 Å². The molecule has 1 rings (SSSR count). The van der Waals surface area contributed by atoms with Crippen LogP contribution < -0.4 is 10.1 Å². The van der Waals surface area contributed by atoms with E-state index in [0.717, 1.165) is 5.56 Å². The van der Waals surface area contributed by atoms with Crippen LogP contribution in [0.3, 0.4) is 0 Å². The van der Waals surface area contributed by atoms with E-state index in [2.05, 4.69) is 5.32 Å². The van der Waals surface area contributed by atoms with Crippen LogP contribution >= 0.6 is 0 Å². The number of hydrogen-bond donors (Lipinski definition) is 2. The summed E-state index contributed by atoms with van der Waals surface area (Å²) in [7, 11) is 0. The Kier molecular flexibility index (Phi) is 5.37. The van der Waals surface area contributed by atoms with Gasteiger partial charge in [-0.3, -0.25) is 0 Å². The fraction of sp³-hybridized carbons (Fsp3) is 0.429. The van der Waals surface area contributed by atoms with Crippen molar-refractivity contribution in [3.63, 3.8) is 0 Å². The second kappa shape index (κ2) is 6.79. The highest BCUT2D eigenvalue weighted by Crippen LogP contribution is 2.13. The van der Waals surface area contributed by atoms with E-state index >= 15 is 0 Å². The van der Waals surface area contributed by atoms with Crippen molar-refractivity contribution in [3.05, 3.63) is 29.8 Å². The number of hydrogen-bond acceptors (Lipinski definition) is 4. The summed E-state index contributed by atoms with van der Waals surface area (Å²) < 4.78 is 10.2. The molecule has 0 atom stereocenters. The second-order valence-electron chi connectivity index (χ2n) is 5.19. The van der Waals surface area contributed by atoms with Gasteiger partial charge in [-0.1, -0.05) is 12.1 Å². The molecule has 20 heavy (non-hydrogen) atoms. The van der Waals surface area contributed by atoms with Gasteiger partial charge in [0.15, 0.2) is 6.61 Å². The summed E-state index contributed by atoms with van der Waals surface area (Å²) in [5.74, 6) is -0.599. The molecule has 110 valence electrons. The van der Waals surface area contributed by atoms with Crippen LogP contribution in [0.5, 0.6) is 5.75 Å². The average Bonchev–Trinajstić information content (AvgIpc) is 2.32. The third kappa shape index (κ3) is 6.63. The van der Waals surface area contributed by atoms with Gasteiger partial charge in [-0.15, -0.1) is 0 Å². The summed E-state index contributed by atoms with van der Waals surface area (Å²) >= 11 is 0. The summed E-state index contributed by atoms with van der Waals surface area (Å²) in [5, 5.41) is 11.1. The van der Waals surface area contributed by atoms with Gasteiger partial charge in [0.1, 0.15) is 11.4 Å². The van der Waals surface area contributed by atoms with E-state index in [4.69, 9.17) is 14.6 Å². The lowest BCUT2D eigenvalue weighted by molar-refractivity contribution is -0.139. The number of amides is 1. The highest BCUT2D eigenvalue weighted by molar-refractivity contribution is 5.68. The smallest absolute Gasteiger partial charge is 0.407 e. The second-order valence-corrected chi connectivity index (χ2v) is 5.19. The summed E-state index contributed by atoms with van der Waals surface area (Å²) in [6.07, 6.45) is -0.505. The number of carbonyl (C=O) groups excluding carboxylic acids is 1. The molecule has 0 spiro atoms. The molecule has 6 heteroatoms. The molecule has 0 radical (unpaired) electrons. The minimum atomic E-state index is -1.04. The Balaban J connectivity index is 2.50. The fourth-order valence-corrected chi connectivity index (χ4v) is 1.38. The lowest BCUT2D eigenvalue weighted by atomic mass is 10.2. The lowest BCUT2D eigenvalue weighted by Crippen LogP contribution is -2.32. The van der Waals surface area contributed by atoms with Crippen LogP contribution in [0, 0.1) is 0 Å². The first kappa shape index (κ1) is 15.8. The number of rotatable bonds is 5. The molecule has 0 saturated carbocycles. The highest BCUT2D eigenvalue weighted by Gasteiger charge is 2.15. The Hall–Kier alpha value is -2.24. The van der Waals surface area contributed by atoms with Crippen molar-refractivity contribution in [2.24, 2.45) is 0 Å². The van der Waals surface area contributed by atoms with Crippen molar-refractivity contribution >= 4 is 12.1 Å². The molecule has 0 aromatic heterocycles. The zero-order valence-electron chi connectivity index (χ0n) is 11.8. The monoisotopic (exact) mass is 281 g/mol. The predicted molar refractivity (Wildman–Crippen MR) is 72.6 cm³/mol. The summed E-state index contributed by atoms with van der Waals surface area (Å²) in [5.41, 5.74) is 0.245. The first-order valence-corrected chi connectivity index (χ1v) is 6.16. The maximum atomic E-state index is 11.5. The molecule has 0 aliphatic carbocycles. The van der Waals surface area contributed by atoms with E-state index in [-0.39, 0.29) is 6.54 Å². The van der Waals surface area contributed by atoms with Gasteiger partial charge in [-0.2, -0.15) is 0 Å². The molecule has 0 bridgehead atoms. The molecule has 0 saturated heterocycles. The molecule has 1 aromatic carbocycles. The number of alkyl carbamates (subject to hydrolysis) is 1. The van der Waals surface area contributed by atoms with Gasteiger partial charge in [0.05, 0.1) is 0 Å². The summed E-state index contributed by atoms with van der Waals surface area (Å²) in [4.78, 5) is 21.9. The molecule has 0 heterocycles. The van der Waals surface area contributed by atoms with Gasteiger partial charge in [0.2, 0.25) is 0 Å². The van der Waals surface area contributed by atoms with Gasteiger partial charge in [0, 0.05) is 6.54 Å². The van der Waals surface area contributed by atoms with Crippen LogP contribution in [-0.4, -0.2) is 29.4 Å². The van der Waals surface area contributed by atoms with Crippen molar-refractivity contribution < 1.29 is 24.2 Å². The van der Waals surface area contributed by atoms with Crippen molar-refractivity contribution in [1.82, 2.24) is 5.32 Å². The van der Waals surface area contributed by atoms with Crippen LogP contribution in [0.1, 0.15) is 26.3 Å². The number of aliphatic carboxylic acids is 1. The Morgan fingerprint density at radius 1 is 1.30 bits per heavy atom. The van der Waals surface area contributed by atoms with E-state index in [0.29, 0.717) is 5.75 Å². The Bertz CT molecular complexity index is 479.